The van der Waals surface area contributed by atoms with Gasteiger partial charge < -0.3 is 20.1 Å². The van der Waals surface area contributed by atoms with Crippen molar-refractivity contribution in [1.82, 2.24) is 25.2 Å². The summed E-state index contributed by atoms with van der Waals surface area (Å²) in [6, 6.07) is 6.68. The molecule has 3 aromatic rings. The van der Waals surface area contributed by atoms with Crippen molar-refractivity contribution < 1.29 is 0 Å². The minimum absolute atomic E-state index is 0.349. The molecule has 7 nitrogen and oxygen atoms in total. The lowest BCUT2D eigenvalue weighted by atomic mass is 9.94. The molecule has 1 saturated carbocycles. The highest BCUT2D eigenvalue weighted by atomic mass is 15.2. The first kappa shape index (κ1) is 27.3. The molecule has 0 spiro atoms. The summed E-state index contributed by atoms with van der Waals surface area (Å²) in [7, 11) is 2.20. The molecule has 0 radical (unpaired) electrons. The number of aromatic amines is 1. The number of aliphatic imine (C=N–C) groups is 1. The van der Waals surface area contributed by atoms with E-state index in [-0.39, 0.29) is 0 Å². The summed E-state index contributed by atoms with van der Waals surface area (Å²) in [6.07, 6.45) is 19.7. The molecule has 42 heavy (non-hydrogen) atoms. The molecule has 1 atom stereocenters. The van der Waals surface area contributed by atoms with E-state index < -0.39 is 0 Å². The molecule has 2 aliphatic carbocycles. The molecule has 5 heterocycles. The highest BCUT2D eigenvalue weighted by Crippen LogP contribution is 2.31. The third kappa shape index (κ3) is 5.72. The molecule has 7 heteroatoms. The van der Waals surface area contributed by atoms with Gasteiger partial charge >= 0.3 is 0 Å². The zero-order valence-corrected chi connectivity index (χ0v) is 25.1. The molecule has 3 aromatic heterocycles. The Labute approximate surface area is 249 Å². The Kier molecular flexibility index (Phi) is 7.78. The maximum Gasteiger partial charge on any atom is 0.139 e. The molecule has 1 saturated heterocycles. The number of aromatic nitrogens is 3. The van der Waals surface area contributed by atoms with Gasteiger partial charge in [-0.05, 0) is 85.7 Å². The second-order valence-corrected chi connectivity index (χ2v) is 12.6. The molecule has 2 aliphatic heterocycles. The molecule has 4 aliphatic rings. The topological polar surface area (TPSA) is 72.4 Å². The van der Waals surface area contributed by atoms with Crippen LogP contribution < -0.4 is 10.2 Å². The second kappa shape index (κ2) is 12.0. The number of anilines is 1. The molecule has 2 N–H and O–H groups in total. The number of rotatable bonds is 7. The van der Waals surface area contributed by atoms with Crippen molar-refractivity contribution in [2.75, 3.05) is 57.8 Å². The summed E-state index contributed by atoms with van der Waals surface area (Å²) >= 11 is 0. The Morgan fingerprint density at radius 2 is 1.93 bits per heavy atom. The molecule has 0 aromatic carbocycles. The van der Waals surface area contributed by atoms with E-state index in [2.05, 4.69) is 82.8 Å². The van der Waals surface area contributed by atoms with Crippen LogP contribution in [0.5, 0.6) is 0 Å². The highest BCUT2D eigenvalue weighted by Gasteiger charge is 2.23. The molecule has 0 unspecified atom stereocenters. The lowest BCUT2D eigenvalue weighted by Crippen LogP contribution is -2.44. The van der Waals surface area contributed by atoms with Gasteiger partial charge in [0.15, 0.2) is 0 Å². The largest absolute Gasteiger partial charge is 0.368 e. The Morgan fingerprint density at radius 1 is 1.07 bits per heavy atom. The van der Waals surface area contributed by atoms with Gasteiger partial charge in [-0.1, -0.05) is 38.0 Å². The van der Waals surface area contributed by atoms with Crippen molar-refractivity contribution in [3.63, 3.8) is 0 Å². The molecule has 2 fully saturated rings. The summed E-state index contributed by atoms with van der Waals surface area (Å²) in [6.45, 7) is 9.25. The number of nitrogens with zero attached hydrogens (tertiary/aromatic N) is 5. The Morgan fingerprint density at radius 3 is 2.79 bits per heavy atom. The fourth-order valence-corrected chi connectivity index (χ4v) is 6.94. The van der Waals surface area contributed by atoms with E-state index in [0.29, 0.717) is 5.92 Å². The van der Waals surface area contributed by atoms with Crippen LogP contribution in [-0.2, 0) is 6.42 Å². The monoisotopic (exact) mass is 561 g/mol. The van der Waals surface area contributed by atoms with Gasteiger partial charge in [-0.15, -0.1) is 0 Å². The maximum atomic E-state index is 5.05. The zero-order chi connectivity index (χ0) is 28.5. The standard InChI is InChI=1S/C35H43N7/c1-24-7-8-26(22-36-21-25-5-3-4-6-25)18-28(17-24)31-19-29-27(23-39-31)9-11-37-34(29)32-20-30-33(10-12-38-35(30)40-32)42-15-13-41(2)14-16-42/h7-8,10,12,17-20,23-25,36H,3-6,9,11,13-16,21-22H2,1-2H3,(H,38,40)/t24-/m0/s1. The summed E-state index contributed by atoms with van der Waals surface area (Å²) < 4.78 is 0. The molecule has 0 amide bonds. The van der Waals surface area contributed by atoms with Crippen molar-refractivity contribution in [3.05, 3.63) is 83.0 Å². The number of H-pyrrole nitrogens is 1. The van der Waals surface area contributed by atoms with Crippen molar-refractivity contribution >= 4 is 28.0 Å². The van der Waals surface area contributed by atoms with Crippen molar-refractivity contribution in [2.45, 2.75) is 39.0 Å². The molecule has 0 bridgehead atoms. The van der Waals surface area contributed by atoms with Crippen LogP contribution in [0.2, 0.25) is 0 Å². The van der Waals surface area contributed by atoms with Crippen molar-refractivity contribution in [2.24, 2.45) is 16.8 Å². The van der Waals surface area contributed by atoms with Crippen LogP contribution in [0.1, 0.15) is 55.1 Å². The van der Waals surface area contributed by atoms with Crippen LogP contribution in [0.4, 0.5) is 5.69 Å². The van der Waals surface area contributed by atoms with Gasteiger partial charge in [0, 0.05) is 68.3 Å². The SMILES string of the molecule is C[C@H]1C=CC(CNCC2CCCC2)=CC(c2cc3c(cn2)CCN=C3c2cc3c(N4CCN(C)CC4)ccnc3[nH]2)=C1. The summed E-state index contributed by atoms with van der Waals surface area (Å²) in [5, 5.41) is 4.90. The number of piperazine rings is 1. The molecular formula is C35H43N7. The van der Waals surface area contributed by atoms with Gasteiger partial charge in [0.2, 0.25) is 0 Å². The quantitative estimate of drug-likeness (QED) is 0.404. The predicted octanol–water partition coefficient (Wildman–Crippen LogP) is 5.40. The van der Waals surface area contributed by atoms with Crippen molar-refractivity contribution in [3.8, 4) is 0 Å². The zero-order valence-electron chi connectivity index (χ0n) is 25.1. The van der Waals surface area contributed by atoms with Crippen LogP contribution in [0.25, 0.3) is 16.6 Å². The van der Waals surface area contributed by atoms with E-state index in [1.54, 1.807) is 0 Å². The average Bonchev–Trinajstić information content (AvgIpc) is 3.65. The fourth-order valence-electron chi connectivity index (χ4n) is 6.94. The van der Waals surface area contributed by atoms with E-state index in [1.807, 2.05) is 6.20 Å². The van der Waals surface area contributed by atoms with Gasteiger partial charge in [0.25, 0.3) is 0 Å². The number of hydrogen-bond acceptors (Lipinski definition) is 6. The first-order valence-corrected chi connectivity index (χ1v) is 15.9. The third-order valence-electron chi connectivity index (χ3n) is 9.43. The predicted molar refractivity (Wildman–Crippen MR) is 173 cm³/mol. The third-order valence-corrected chi connectivity index (χ3v) is 9.43. The van der Waals surface area contributed by atoms with Crippen LogP contribution in [0.3, 0.4) is 0 Å². The van der Waals surface area contributed by atoms with Gasteiger partial charge in [-0.25, -0.2) is 4.98 Å². The number of fused-ring (bicyclic) bond motifs is 2. The van der Waals surface area contributed by atoms with E-state index in [4.69, 9.17) is 15.0 Å². The number of allylic oxidation sites excluding steroid dienone is 4. The second-order valence-electron chi connectivity index (χ2n) is 12.6. The maximum absolute atomic E-state index is 5.05. The van der Waals surface area contributed by atoms with E-state index in [9.17, 15) is 0 Å². The van der Waals surface area contributed by atoms with Crippen LogP contribution >= 0.6 is 0 Å². The number of nitrogens with one attached hydrogen (secondary N) is 2. The Bertz CT molecular complexity index is 1560. The molecule has 218 valence electrons. The molecule has 7 rings (SSSR count). The van der Waals surface area contributed by atoms with Gasteiger partial charge in [0.05, 0.1) is 17.1 Å². The number of pyridine rings is 2. The Balaban J connectivity index is 1.17. The van der Waals surface area contributed by atoms with Gasteiger partial charge in [0.1, 0.15) is 5.65 Å². The normalized spacial score (nSPS) is 21.7. The summed E-state index contributed by atoms with van der Waals surface area (Å²) in [5.74, 6) is 1.19. The van der Waals surface area contributed by atoms with Gasteiger partial charge in [-0.3, -0.25) is 9.98 Å². The minimum atomic E-state index is 0.349. The summed E-state index contributed by atoms with van der Waals surface area (Å²) in [4.78, 5) is 23.2. The van der Waals surface area contributed by atoms with E-state index in [0.717, 1.165) is 80.9 Å². The Hall–Kier alpha value is -3.55. The molecular weight excluding hydrogens is 518 g/mol. The fraction of sp³-hybridized carbons (Fsp3) is 0.457. The summed E-state index contributed by atoms with van der Waals surface area (Å²) in [5.41, 5.74) is 10.2. The average molecular weight is 562 g/mol. The first-order chi connectivity index (χ1) is 20.6. The van der Waals surface area contributed by atoms with Crippen LogP contribution in [0, 0.1) is 11.8 Å². The first-order valence-electron chi connectivity index (χ1n) is 15.9. The lowest BCUT2D eigenvalue weighted by Gasteiger charge is -2.34. The minimum Gasteiger partial charge on any atom is -0.368 e. The van der Waals surface area contributed by atoms with E-state index >= 15 is 0 Å². The number of likely N-dealkylation sites (N-methyl/N-ethyl adjacent to an activating group) is 1. The van der Waals surface area contributed by atoms with Gasteiger partial charge in [-0.2, -0.15) is 0 Å². The van der Waals surface area contributed by atoms with Crippen molar-refractivity contribution in [1.29, 1.82) is 0 Å². The smallest absolute Gasteiger partial charge is 0.139 e. The van der Waals surface area contributed by atoms with Crippen LogP contribution in [0.15, 0.2) is 65.5 Å². The lowest BCUT2D eigenvalue weighted by molar-refractivity contribution is 0.313. The van der Waals surface area contributed by atoms with E-state index in [1.165, 1.54) is 59.0 Å². The highest BCUT2D eigenvalue weighted by molar-refractivity contribution is 6.15. The number of hydrogen-bond donors (Lipinski definition) is 2. The van der Waals surface area contributed by atoms with Crippen LogP contribution in [-0.4, -0.2) is 78.4 Å².